The largest absolute Gasteiger partial charge is 0.300 e. The van der Waals surface area contributed by atoms with Crippen molar-refractivity contribution in [3.05, 3.63) is 0 Å². The number of hydrogen-bond acceptors (Lipinski definition) is 1. The highest BCUT2D eigenvalue weighted by Gasteiger charge is 2.43. The van der Waals surface area contributed by atoms with Crippen LogP contribution < -0.4 is 0 Å². The molecule has 3 aliphatic heterocycles. The summed E-state index contributed by atoms with van der Waals surface area (Å²) in [6.45, 7) is 7.50. The molecule has 1 nitrogen and oxygen atoms in total. The maximum absolute atomic E-state index is 2.62. The van der Waals surface area contributed by atoms with E-state index in [2.05, 4.69) is 18.7 Å². The SMILES string of the molecule is CCCC1CCN2CC1C2C. The minimum absolute atomic E-state index is 0.917. The molecule has 1 heteroatoms. The maximum Gasteiger partial charge on any atom is 0.0110 e. The number of rotatable bonds is 2. The first kappa shape index (κ1) is 7.60. The molecule has 0 aromatic carbocycles. The van der Waals surface area contributed by atoms with E-state index in [0.29, 0.717) is 0 Å². The van der Waals surface area contributed by atoms with E-state index in [4.69, 9.17) is 0 Å². The molecule has 0 aromatic rings. The standard InChI is InChI=1S/C10H19N/c1-3-4-9-5-6-11-7-10(9)8(11)2/h8-10H,3-7H2,1-2H3. The van der Waals surface area contributed by atoms with Crippen LogP contribution in [0.4, 0.5) is 0 Å². The summed E-state index contributed by atoms with van der Waals surface area (Å²) in [6.07, 6.45) is 4.33. The summed E-state index contributed by atoms with van der Waals surface area (Å²) < 4.78 is 0. The van der Waals surface area contributed by atoms with Gasteiger partial charge in [0.1, 0.15) is 0 Å². The van der Waals surface area contributed by atoms with Crippen LogP contribution in [-0.2, 0) is 0 Å². The Bertz CT molecular complexity index is 140. The van der Waals surface area contributed by atoms with E-state index in [-0.39, 0.29) is 0 Å². The summed E-state index contributed by atoms with van der Waals surface area (Å²) in [5.74, 6) is 2.13. The minimum Gasteiger partial charge on any atom is -0.300 e. The molecule has 0 N–H and O–H groups in total. The van der Waals surface area contributed by atoms with Gasteiger partial charge in [0.15, 0.2) is 0 Å². The van der Waals surface area contributed by atoms with Gasteiger partial charge in [-0.2, -0.15) is 0 Å². The van der Waals surface area contributed by atoms with E-state index in [1.165, 1.54) is 32.4 Å². The fraction of sp³-hybridized carbons (Fsp3) is 1.00. The summed E-state index contributed by atoms with van der Waals surface area (Å²) in [5.41, 5.74) is 0. The number of piperidine rings is 2. The van der Waals surface area contributed by atoms with Crippen LogP contribution in [0, 0.1) is 11.8 Å². The Morgan fingerprint density at radius 2 is 2.27 bits per heavy atom. The molecule has 64 valence electrons. The van der Waals surface area contributed by atoms with Gasteiger partial charge in [-0.05, 0) is 31.7 Å². The zero-order valence-corrected chi connectivity index (χ0v) is 7.71. The van der Waals surface area contributed by atoms with E-state index in [9.17, 15) is 0 Å². The summed E-state index contributed by atoms with van der Waals surface area (Å²) in [5, 5.41) is 0. The third-order valence-corrected chi connectivity index (χ3v) is 3.69. The number of fused-ring (bicyclic) bond motifs is 2. The Kier molecular flexibility index (Phi) is 1.92. The Hall–Kier alpha value is -0.0400. The van der Waals surface area contributed by atoms with Gasteiger partial charge in [0.05, 0.1) is 0 Å². The van der Waals surface area contributed by atoms with Crippen LogP contribution in [0.3, 0.4) is 0 Å². The highest BCUT2D eigenvalue weighted by Crippen LogP contribution is 2.40. The second-order valence-electron chi connectivity index (χ2n) is 4.24. The zero-order valence-electron chi connectivity index (χ0n) is 7.71. The van der Waals surface area contributed by atoms with Crippen molar-refractivity contribution in [1.82, 2.24) is 4.90 Å². The van der Waals surface area contributed by atoms with Crippen molar-refractivity contribution in [2.24, 2.45) is 11.8 Å². The number of nitrogens with zero attached hydrogens (tertiary/aromatic N) is 1. The normalized spacial score (nSPS) is 48.5. The molecule has 11 heavy (non-hydrogen) atoms. The molecule has 3 rings (SSSR count). The van der Waals surface area contributed by atoms with Crippen molar-refractivity contribution in [3.8, 4) is 0 Å². The van der Waals surface area contributed by atoms with Gasteiger partial charge in [-0.1, -0.05) is 19.8 Å². The molecule has 3 heterocycles. The Morgan fingerprint density at radius 1 is 1.45 bits per heavy atom. The molecular formula is C10H19N. The summed E-state index contributed by atoms with van der Waals surface area (Å²) in [7, 11) is 0. The Balaban J connectivity index is 1.91. The van der Waals surface area contributed by atoms with Crippen molar-refractivity contribution >= 4 is 0 Å². The minimum atomic E-state index is 0.917. The molecule has 0 saturated carbocycles. The molecule has 0 aromatic heterocycles. The molecular weight excluding hydrogens is 134 g/mol. The lowest BCUT2D eigenvalue weighted by molar-refractivity contribution is -0.0613. The topological polar surface area (TPSA) is 3.24 Å². The zero-order chi connectivity index (χ0) is 7.84. The molecule has 4 atom stereocenters. The van der Waals surface area contributed by atoms with Gasteiger partial charge in [0, 0.05) is 12.6 Å². The lowest BCUT2D eigenvalue weighted by Gasteiger charge is -2.55. The predicted molar refractivity (Wildman–Crippen MR) is 47.5 cm³/mol. The van der Waals surface area contributed by atoms with Gasteiger partial charge in [-0.25, -0.2) is 0 Å². The average molecular weight is 153 g/mol. The third-order valence-electron chi connectivity index (χ3n) is 3.69. The van der Waals surface area contributed by atoms with Crippen molar-refractivity contribution in [1.29, 1.82) is 0 Å². The fourth-order valence-corrected chi connectivity index (χ4v) is 2.84. The van der Waals surface area contributed by atoms with Crippen LogP contribution in [0.2, 0.25) is 0 Å². The quantitative estimate of drug-likeness (QED) is 0.587. The lowest BCUT2D eigenvalue weighted by atomic mass is 9.71. The van der Waals surface area contributed by atoms with Crippen LogP contribution in [0.5, 0.6) is 0 Å². The molecule has 0 radical (unpaired) electrons. The monoisotopic (exact) mass is 153 g/mol. The molecule has 3 saturated heterocycles. The first-order valence-corrected chi connectivity index (χ1v) is 5.07. The van der Waals surface area contributed by atoms with E-state index >= 15 is 0 Å². The van der Waals surface area contributed by atoms with E-state index in [1.807, 2.05) is 0 Å². The van der Waals surface area contributed by atoms with Crippen LogP contribution in [0.25, 0.3) is 0 Å². The van der Waals surface area contributed by atoms with Gasteiger partial charge < -0.3 is 0 Å². The number of hydrogen-bond donors (Lipinski definition) is 0. The van der Waals surface area contributed by atoms with Gasteiger partial charge >= 0.3 is 0 Å². The summed E-state index contributed by atoms with van der Waals surface area (Å²) >= 11 is 0. The molecule has 0 aliphatic carbocycles. The van der Waals surface area contributed by atoms with Crippen molar-refractivity contribution < 1.29 is 0 Å². The highest BCUT2D eigenvalue weighted by molar-refractivity contribution is 4.97. The van der Waals surface area contributed by atoms with E-state index < -0.39 is 0 Å². The molecule has 0 amide bonds. The van der Waals surface area contributed by atoms with Crippen molar-refractivity contribution in [3.63, 3.8) is 0 Å². The van der Waals surface area contributed by atoms with Crippen LogP contribution in [-0.4, -0.2) is 24.0 Å². The summed E-state index contributed by atoms with van der Waals surface area (Å²) in [6, 6.07) is 0.917. The maximum atomic E-state index is 2.62. The molecule has 4 unspecified atom stereocenters. The van der Waals surface area contributed by atoms with Crippen LogP contribution in [0.1, 0.15) is 33.1 Å². The van der Waals surface area contributed by atoms with Gasteiger partial charge in [-0.3, -0.25) is 4.90 Å². The Labute approximate surface area is 69.8 Å². The van der Waals surface area contributed by atoms with Crippen molar-refractivity contribution in [2.75, 3.05) is 13.1 Å². The summed E-state index contributed by atoms with van der Waals surface area (Å²) in [4.78, 5) is 2.62. The first-order valence-electron chi connectivity index (χ1n) is 5.07. The molecule has 2 bridgehead atoms. The van der Waals surface area contributed by atoms with E-state index in [0.717, 1.165) is 17.9 Å². The van der Waals surface area contributed by atoms with Crippen molar-refractivity contribution in [2.45, 2.75) is 39.2 Å². The van der Waals surface area contributed by atoms with Crippen LogP contribution >= 0.6 is 0 Å². The lowest BCUT2D eigenvalue weighted by Crippen LogP contribution is -2.61. The van der Waals surface area contributed by atoms with E-state index in [1.54, 1.807) is 0 Å². The smallest absolute Gasteiger partial charge is 0.0110 e. The fourth-order valence-electron chi connectivity index (χ4n) is 2.84. The third kappa shape index (κ3) is 1.10. The van der Waals surface area contributed by atoms with Gasteiger partial charge in [0.25, 0.3) is 0 Å². The van der Waals surface area contributed by atoms with Gasteiger partial charge in [0.2, 0.25) is 0 Å². The van der Waals surface area contributed by atoms with Crippen LogP contribution in [0.15, 0.2) is 0 Å². The first-order chi connectivity index (χ1) is 5.33. The second-order valence-corrected chi connectivity index (χ2v) is 4.24. The molecule has 0 spiro atoms. The second kappa shape index (κ2) is 2.78. The van der Waals surface area contributed by atoms with Gasteiger partial charge in [-0.15, -0.1) is 0 Å². The highest BCUT2D eigenvalue weighted by atomic mass is 15.2. The average Bonchev–Trinajstić information content (AvgIpc) is 2.04. The predicted octanol–water partition coefficient (Wildman–Crippen LogP) is 2.13. The molecule has 3 fully saturated rings. The molecule has 3 aliphatic rings. The Morgan fingerprint density at radius 3 is 2.82 bits per heavy atom.